The van der Waals surface area contributed by atoms with Gasteiger partial charge in [0.05, 0.1) is 11.3 Å². The van der Waals surface area contributed by atoms with Gasteiger partial charge in [-0.3, -0.25) is 4.79 Å². The Balaban J connectivity index is 0.00000280. The fraction of sp³-hybridized carbons (Fsp3) is 0.476. The van der Waals surface area contributed by atoms with Gasteiger partial charge in [0.15, 0.2) is 0 Å². The number of carbonyl (C=O) groups excluding carboxylic acids is 1. The summed E-state index contributed by atoms with van der Waals surface area (Å²) in [7, 11) is 1.69. The number of amides is 1. The Morgan fingerprint density at radius 3 is 2.85 bits per heavy atom. The molecular weight excluding hydrogens is 340 g/mol. The Hall–Kier alpha value is -2.47. The molecule has 1 aromatic carbocycles. The molecule has 2 heterocycles. The minimum Gasteiger partial charge on any atom is -0.385 e. The van der Waals surface area contributed by atoms with Gasteiger partial charge in [0.1, 0.15) is 0 Å². The molecule has 146 valence electrons. The Morgan fingerprint density at radius 1 is 1.30 bits per heavy atom. The molecule has 27 heavy (non-hydrogen) atoms. The maximum Gasteiger partial charge on any atom is 0.257 e. The predicted molar refractivity (Wildman–Crippen MR) is 109 cm³/mol. The molecule has 3 rings (SSSR count). The number of aryl methyl sites for hydroxylation is 1. The second-order valence-electron chi connectivity index (χ2n) is 6.95. The summed E-state index contributed by atoms with van der Waals surface area (Å²) in [5, 5.41) is 3.22. The van der Waals surface area contributed by atoms with Gasteiger partial charge < -0.3 is 15.0 Å². The average molecular weight is 370 g/mol. The highest BCUT2D eigenvalue weighted by Gasteiger charge is 2.23. The van der Waals surface area contributed by atoms with Crippen LogP contribution in [-0.4, -0.2) is 54.1 Å². The number of rotatable bonds is 7. The number of benzene rings is 1. The van der Waals surface area contributed by atoms with E-state index in [9.17, 15) is 4.79 Å². The third-order valence-corrected chi connectivity index (χ3v) is 4.76. The van der Waals surface area contributed by atoms with Crippen molar-refractivity contribution >= 4 is 11.9 Å². The number of carbonyl (C=O) groups is 1. The van der Waals surface area contributed by atoms with Crippen molar-refractivity contribution in [2.24, 2.45) is 0 Å². The molecule has 1 aliphatic heterocycles. The second-order valence-corrected chi connectivity index (χ2v) is 6.95. The Labute approximate surface area is 162 Å². The zero-order valence-electron chi connectivity index (χ0n) is 16.2. The minimum absolute atomic E-state index is 0. The van der Waals surface area contributed by atoms with Crippen LogP contribution >= 0.6 is 0 Å². The van der Waals surface area contributed by atoms with Gasteiger partial charge in [-0.1, -0.05) is 23.8 Å². The van der Waals surface area contributed by atoms with Crippen molar-refractivity contribution in [2.45, 2.75) is 32.6 Å². The summed E-state index contributed by atoms with van der Waals surface area (Å²) >= 11 is 0. The summed E-state index contributed by atoms with van der Waals surface area (Å²) in [6, 6.07) is 8.09. The second kappa shape index (κ2) is 9.46. The highest BCUT2D eigenvalue weighted by atomic mass is 16.5. The van der Waals surface area contributed by atoms with Gasteiger partial charge in [0.2, 0.25) is 5.95 Å². The first kappa shape index (κ1) is 19.3. The molecule has 0 atom stereocenters. The lowest BCUT2D eigenvalue weighted by Gasteiger charge is -2.27. The van der Waals surface area contributed by atoms with Crippen LogP contribution < -0.4 is 5.32 Å². The largest absolute Gasteiger partial charge is 0.385 e. The number of nitrogens with zero attached hydrogens (tertiary/aromatic N) is 3. The van der Waals surface area contributed by atoms with E-state index >= 15 is 0 Å². The lowest BCUT2D eigenvalue weighted by Crippen LogP contribution is -2.36. The molecule has 1 fully saturated rings. The molecule has 0 unspecified atom stereocenters. The summed E-state index contributed by atoms with van der Waals surface area (Å²) in [5.74, 6) is 0.565. The van der Waals surface area contributed by atoms with Crippen LogP contribution in [0.1, 0.15) is 43.0 Å². The van der Waals surface area contributed by atoms with E-state index in [4.69, 9.17) is 4.74 Å². The van der Waals surface area contributed by atoms with Crippen molar-refractivity contribution in [2.75, 3.05) is 38.7 Å². The quantitative estimate of drug-likeness (QED) is 0.752. The Kier molecular flexibility index (Phi) is 6.76. The van der Waals surface area contributed by atoms with Crippen LogP contribution in [-0.2, 0) is 4.74 Å². The van der Waals surface area contributed by atoms with Crippen LogP contribution in [0.4, 0.5) is 5.95 Å². The van der Waals surface area contributed by atoms with Gasteiger partial charge in [-0.15, -0.1) is 0 Å². The first-order valence-corrected chi connectivity index (χ1v) is 9.65. The molecule has 1 saturated heterocycles. The number of ether oxygens (including phenoxy) is 1. The van der Waals surface area contributed by atoms with Crippen molar-refractivity contribution < 1.29 is 11.0 Å². The molecule has 1 aliphatic rings. The third kappa shape index (κ3) is 5.04. The maximum atomic E-state index is 13.1. The van der Waals surface area contributed by atoms with Gasteiger partial charge in [0, 0.05) is 46.5 Å². The van der Waals surface area contributed by atoms with Crippen LogP contribution in [0.5, 0.6) is 0 Å². The fourth-order valence-electron chi connectivity index (χ4n) is 3.32. The lowest BCUT2D eigenvalue weighted by molar-refractivity contribution is 0.0724. The number of anilines is 1. The lowest BCUT2D eigenvalue weighted by atomic mass is 10.0. The van der Waals surface area contributed by atoms with Crippen LogP contribution in [0.3, 0.4) is 0 Å². The van der Waals surface area contributed by atoms with Gasteiger partial charge in [0.25, 0.3) is 5.91 Å². The van der Waals surface area contributed by atoms with E-state index in [0.717, 1.165) is 50.0 Å². The van der Waals surface area contributed by atoms with E-state index in [1.54, 1.807) is 13.3 Å². The molecule has 6 nitrogen and oxygen atoms in total. The van der Waals surface area contributed by atoms with Crippen molar-refractivity contribution in [1.82, 2.24) is 14.9 Å². The number of aromatic nitrogens is 2. The van der Waals surface area contributed by atoms with E-state index in [1.807, 2.05) is 30.0 Å². The van der Waals surface area contributed by atoms with Crippen molar-refractivity contribution in [3.8, 4) is 11.3 Å². The minimum atomic E-state index is 0. The summed E-state index contributed by atoms with van der Waals surface area (Å²) < 4.78 is 5.07. The molecule has 1 N–H and O–H groups in total. The highest BCUT2D eigenvalue weighted by molar-refractivity contribution is 5.99. The molecule has 6 heteroatoms. The van der Waals surface area contributed by atoms with Crippen LogP contribution in [0.2, 0.25) is 0 Å². The SMILES string of the molecule is COCCCNc1ncc(C(=O)N2CCCCC2)c(-c2cccc(C)c2)n1.[HH]. The summed E-state index contributed by atoms with van der Waals surface area (Å²) in [6.45, 7) is 5.07. The first-order chi connectivity index (χ1) is 13.2. The molecule has 1 aromatic heterocycles. The number of piperidine rings is 1. The van der Waals surface area contributed by atoms with E-state index in [-0.39, 0.29) is 7.33 Å². The zero-order chi connectivity index (χ0) is 19.1. The smallest absolute Gasteiger partial charge is 0.257 e. The fourth-order valence-corrected chi connectivity index (χ4v) is 3.32. The Morgan fingerprint density at radius 2 is 2.11 bits per heavy atom. The van der Waals surface area contributed by atoms with Crippen molar-refractivity contribution in [1.29, 1.82) is 0 Å². The van der Waals surface area contributed by atoms with E-state index in [1.165, 1.54) is 6.42 Å². The van der Waals surface area contributed by atoms with Gasteiger partial charge in [-0.2, -0.15) is 0 Å². The Bertz CT molecular complexity index is 779. The zero-order valence-corrected chi connectivity index (χ0v) is 16.2. The molecule has 2 aromatic rings. The summed E-state index contributed by atoms with van der Waals surface area (Å²) in [5.41, 5.74) is 3.35. The number of hydrogen-bond acceptors (Lipinski definition) is 5. The highest BCUT2D eigenvalue weighted by Crippen LogP contribution is 2.25. The molecule has 0 saturated carbocycles. The van der Waals surface area contributed by atoms with Gasteiger partial charge in [-0.25, -0.2) is 9.97 Å². The molecule has 1 amide bonds. The monoisotopic (exact) mass is 370 g/mol. The third-order valence-electron chi connectivity index (χ3n) is 4.76. The number of hydrogen-bond donors (Lipinski definition) is 1. The predicted octanol–water partition coefficient (Wildman–Crippen LogP) is 3.77. The van der Waals surface area contributed by atoms with Crippen molar-refractivity contribution in [3.63, 3.8) is 0 Å². The molecule has 0 aliphatic carbocycles. The van der Waals surface area contributed by atoms with Gasteiger partial charge in [-0.05, 0) is 38.7 Å². The van der Waals surface area contributed by atoms with Crippen molar-refractivity contribution in [3.05, 3.63) is 41.6 Å². The molecule has 0 bridgehead atoms. The normalized spacial score (nSPS) is 14.2. The number of likely N-dealkylation sites (tertiary alicyclic amines) is 1. The van der Waals surface area contributed by atoms with Crippen LogP contribution in [0, 0.1) is 6.92 Å². The maximum absolute atomic E-state index is 13.1. The van der Waals surface area contributed by atoms with E-state index in [2.05, 4.69) is 21.4 Å². The number of methoxy groups -OCH3 is 1. The van der Waals surface area contributed by atoms with Crippen LogP contribution in [0.25, 0.3) is 11.3 Å². The number of nitrogens with one attached hydrogen (secondary N) is 1. The summed E-state index contributed by atoms with van der Waals surface area (Å²) in [6.07, 6.45) is 5.85. The molecular formula is C21H30N4O2. The van der Waals surface area contributed by atoms with Gasteiger partial charge >= 0.3 is 0 Å². The molecule has 0 radical (unpaired) electrons. The first-order valence-electron chi connectivity index (χ1n) is 9.65. The molecule has 0 spiro atoms. The standard InChI is InChI=1S/C21H28N4O2.H2/c1-16-8-6-9-17(14-16)19-18(20(26)25-11-4-3-5-12-25)15-23-21(24-19)22-10-7-13-27-2;/h6,8-9,14-15H,3-5,7,10-13H2,1-2H3,(H,22,23,24);1H. The topological polar surface area (TPSA) is 67.3 Å². The average Bonchev–Trinajstić information content (AvgIpc) is 2.71. The summed E-state index contributed by atoms with van der Waals surface area (Å²) in [4.78, 5) is 24.1. The van der Waals surface area contributed by atoms with E-state index in [0.29, 0.717) is 23.8 Å². The van der Waals surface area contributed by atoms with E-state index < -0.39 is 0 Å². The van der Waals surface area contributed by atoms with Crippen LogP contribution in [0.15, 0.2) is 30.5 Å².